The number of carbonyl (C=O) groups excluding carboxylic acids is 4. The summed E-state index contributed by atoms with van der Waals surface area (Å²) in [6.45, 7) is 4.72. The summed E-state index contributed by atoms with van der Waals surface area (Å²) < 4.78 is 15.4. The van der Waals surface area contributed by atoms with Crippen LogP contribution >= 0.6 is 0 Å². The van der Waals surface area contributed by atoms with Crippen LogP contribution < -0.4 is 0 Å². The van der Waals surface area contributed by atoms with E-state index in [1.54, 1.807) is 24.3 Å². The molecule has 32 heavy (non-hydrogen) atoms. The molecule has 0 saturated carbocycles. The molecule has 0 aromatic rings. The fourth-order valence-electron chi connectivity index (χ4n) is 3.32. The molecule has 1 aliphatic carbocycles. The second-order valence-electron chi connectivity index (χ2n) is 7.58. The van der Waals surface area contributed by atoms with Gasteiger partial charge in [0.1, 0.15) is 6.10 Å². The summed E-state index contributed by atoms with van der Waals surface area (Å²) >= 11 is 0. The number of ketones is 1. The van der Waals surface area contributed by atoms with Gasteiger partial charge in [-0.25, -0.2) is 0 Å². The quantitative estimate of drug-likeness (QED) is 0.137. The van der Waals surface area contributed by atoms with Gasteiger partial charge in [0, 0.05) is 32.3 Å². The minimum atomic E-state index is -1.17. The lowest BCUT2D eigenvalue weighted by Gasteiger charge is -2.27. The molecular weight excluding hydrogens is 412 g/mol. The minimum Gasteiger partial charge on any atom is -0.469 e. The topological polar surface area (TPSA) is 96.0 Å². The van der Waals surface area contributed by atoms with E-state index in [2.05, 4.69) is 11.7 Å². The van der Waals surface area contributed by atoms with Crippen molar-refractivity contribution in [3.05, 3.63) is 48.1 Å². The maximum absolute atomic E-state index is 12.5. The first-order chi connectivity index (χ1) is 15.2. The summed E-state index contributed by atoms with van der Waals surface area (Å²) in [6, 6.07) is 0. The third kappa shape index (κ3) is 9.45. The van der Waals surface area contributed by atoms with Gasteiger partial charge in [-0.3, -0.25) is 19.2 Å². The fraction of sp³-hybridized carbons (Fsp3) is 0.520. The Kier molecular flexibility index (Phi) is 12.0. The van der Waals surface area contributed by atoms with E-state index in [9.17, 15) is 19.2 Å². The van der Waals surface area contributed by atoms with E-state index >= 15 is 0 Å². The largest absolute Gasteiger partial charge is 0.469 e. The van der Waals surface area contributed by atoms with Gasteiger partial charge in [0.15, 0.2) is 11.4 Å². The molecule has 0 aromatic heterocycles. The molecular formula is C25H34O7. The van der Waals surface area contributed by atoms with Gasteiger partial charge in [0.05, 0.1) is 7.11 Å². The van der Waals surface area contributed by atoms with Crippen molar-refractivity contribution in [2.75, 3.05) is 7.11 Å². The number of esters is 3. The summed E-state index contributed by atoms with van der Waals surface area (Å²) in [5.74, 6) is -1.65. The van der Waals surface area contributed by atoms with Crippen LogP contribution in [-0.2, 0) is 33.4 Å². The number of allylic oxidation sites excluding steroid dienone is 4. The zero-order valence-electron chi connectivity index (χ0n) is 19.4. The molecule has 0 aliphatic heterocycles. The molecule has 1 rings (SSSR count). The van der Waals surface area contributed by atoms with Crippen LogP contribution in [0, 0.1) is 0 Å². The van der Waals surface area contributed by atoms with Crippen molar-refractivity contribution in [1.29, 1.82) is 0 Å². The number of rotatable bonds is 13. The smallest absolute Gasteiger partial charge is 0.305 e. The second-order valence-corrected chi connectivity index (χ2v) is 7.58. The van der Waals surface area contributed by atoms with Crippen molar-refractivity contribution in [1.82, 2.24) is 0 Å². The SMILES string of the molecule is CCCCC/C=C\C[C@]1(OC(C)=O)C=CC(=O)/C1=C/C=C/[C@@H](CCC(=O)OC)OC(C)=O. The van der Waals surface area contributed by atoms with E-state index in [0.29, 0.717) is 12.0 Å². The van der Waals surface area contributed by atoms with Crippen LogP contribution in [0.5, 0.6) is 0 Å². The first-order valence-electron chi connectivity index (χ1n) is 10.9. The molecule has 176 valence electrons. The Morgan fingerprint density at radius 3 is 2.50 bits per heavy atom. The van der Waals surface area contributed by atoms with Crippen molar-refractivity contribution in [3.8, 4) is 0 Å². The Bertz CT molecular complexity index is 788. The highest BCUT2D eigenvalue weighted by atomic mass is 16.6. The lowest BCUT2D eigenvalue weighted by molar-refractivity contribution is -0.149. The van der Waals surface area contributed by atoms with Crippen molar-refractivity contribution in [3.63, 3.8) is 0 Å². The maximum atomic E-state index is 12.5. The summed E-state index contributed by atoms with van der Waals surface area (Å²) in [7, 11) is 1.29. The van der Waals surface area contributed by atoms with E-state index < -0.39 is 29.6 Å². The number of ether oxygens (including phenoxy) is 3. The summed E-state index contributed by atoms with van der Waals surface area (Å²) in [4.78, 5) is 47.0. The number of carbonyl (C=O) groups is 4. The van der Waals surface area contributed by atoms with Crippen LogP contribution in [-0.4, -0.2) is 42.5 Å². The maximum Gasteiger partial charge on any atom is 0.305 e. The normalized spacial score (nSPS) is 20.2. The van der Waals surface area contributed by atoms with Gasteiger partial charge in [-0.2, -0.15) is 0 Å². The van der Waals surface area contributed by atoms with E-state index in [-0.39, 0.29) is 18.6 Å². The molecule has 2 atom stereocenters. The Morgan fingerprint density at radius 2 is 1.88 bits per heavy atom. The second kappa shape index (κ2) is 14.2. The number of methoxy groups -OCH3 is 1. The molecule has 0 unspecified atom stereocenters. The van der Waals surface area contributed by atoms with Crippen LogP contribution in [0.3, 0.4) is 0 Å². The molecule has 0 spiro atoms. The van der Waals surface area contributed by atoms with Crippen molar-refractivity contribution in [2.45, 2.75) is 77.4 Å². The van der Waals surface area contributed by atoms with Crippen molar-refractivity contribution in [2.24, 2.45) is 0 Å². The Hall–Kier alpha value is -2.96. The highest BCUT2D eigenvalue weighted by Gasteiger charge is 2.41. The van der Waals surface area contributed by atoms with Gasteiger partial charge in [-0.15, -0.1) is 0 Å². The molecule has 0 heterocycles. The predicted octanol–water partition coefficient (Wildman–Crippen LogP) is 4.32. The van der Waals surface area contributed by atoms with Crippen molar-refractivity contribution < 1.29 is 33.4 Å². The third-order valence-corrected chi connectivity index (χ3v) is 4.88. The predicted molar refractivity (Wildman–Crippen MR) is 121 cm³/mol. The average molecular weight is 447 g/mol. The molecule has 0 N–H and O–H groups in total. The summed E-state index contributed by atoms with van der Waals surface area (Å²) in [5, 5.41) is 0. The fourth-order valence-corrected chi connectivity index (χ4v) is 3.32. The molecule has 0 fully saturated rings. The summed E-state index contributed by atoms with van der Waals surface area (Å²) in [5.41, 5.74) is -0.853. The number of hydrogen-bond acceptors (Lipinski definition) is 7. The third-order valence-electron chi connectivity index (χ3n) is 4.88. The molecule has 0 amide bonds. The molecule has 0 radical (unpaired) electrons. The first kappa shape index (κ1) is 27.1. The van der Waals surface area contributed by atoms with Gasteiger partial charge in [-0.1, -0.05) is 44.1 Å². The minimum absolute atomic E-state index is 0.0794. The monoisotopic (exact) mass is 446 g/mol. The van der Waals surface area contributed by atoms with Gasteiger partial charge < -0.3 is 14.2 Å². The van der Waals surface area contributed by atoms with Gasteiger partial charge in [-0.05, 0) is 37.5 Å². The van der Waals surface area contributed by atoms with Gasteiger partial charge in [0.2, 0.25) is 0 Å². The average Bonchev–Trinajstić information content (AvgIpc) is 3.03. The highest BCUT2D eigenvalue weighted by Crippen LogP contribution is 2.34. The van der Waals surface area contributed by atoms with E-state index in [0.717, 1.165) is 25.7 Å². The van der Waals surface area contributed by atoms with Gasteiger partial charge in [0.25, 0.3) is 0 Å². The van der Waals surface area contributed by atoms with E-state index in [1.165, 1.54) is 27.0 Å². The van der Waals surface area contributed by atoms with Gasteiger partial charge >= 0.3 is 17.9 Å². The number of unbranched alkanes of at least 4 members (excludes halogenated alkanes) is 3. The van der Waals surface area contributed by atoms with Crippen molar-refractivity contribution >= 4 is 23.7 Å². The molecule has 0 saturated heterocycles. The molecule has 0 aromatic carbocycles. The Balaban J connectivity index is 3.02. The zero-order chi connectivity index (χ0) is 24.0. The molecule has 7 nitrogen and oxygen atoms in total. The lowest BCUT2D eigenvalue weighted by atomic mass is 9.91. The molecule has 1 aliphatic rings. The number of hydrogen-bond donors (Lipinski definition) is 0. The molecule has 0 bridgehead atoms. The van der Waals surface area contributed by atoms with Crippen LogP contribution in [0.2, 0.25) is 0 Å². The van der Waals surface area contributed by atoms with Crippen LogP contribution in [0.25, 0.3) is 0 Å². The van der Waals surface area contributed by atoms with E-state index in [1.807, 2.05) is 12.2 Å². The van der Waals surface area contributed by atoms with E-state index in [4.69, 9.17) is 9.47 Å². The zero-order valence-corrected chi connectivity index (χ0v) is 19.4. The van der Waals surface area contributed by atoms with Crippen LogP contribution in [0.15, 0.2) is 48.1 Å². The van der Waals surface area contributed by atoms with Crippen LogP contribution in [0.4, 0.5) is 0 Å². The van der Waals surface area contributed by atoms with Crippen LogP contribution in [0.1, 0.15) is 65.7 Å². The Labute approximate surface area is 190 Å². The first-order valence-corrected chi connectivity index (χ1v) is 10.9. The summed E-state index contributed by atoms with van der Waals surface area (Å²) in [6.07, 6.45) is 16.0. The highest BCUT2D eigenvalue weighted by molar-refractivity contribution is 6.09. The molecule has 7 heteroatoms. The Morgan fingerprint density at radius 1 is 1.12 bits per heavy atom. The lowest BCUT2D eigenvalue weighted by Crippen LogP contribution is -2.33. The standard InChI is InChI=1S/C25H34O7/c1-5-6-7-8-9-10-17-25(32-20(3)27)18-16-23(28)22(25)13-11-12-21(31-19(2)26)14-15-24(29)30-4/h9-13,16,18,21H,5-8,14-15,17H2,1-4H3/b10-9-,12-11+,22-13-/t21-,25-/m0/s1.